The van der Waals surface area contributed by atoms with Gasteiger partial charge in [-0.15, -0.1) is 0 Å². The van der Waals surface area contributed by atoms with Crippen molar-refractivity contribution in [1.82, 2.24) is 5.32 Å². The Labute approximate surface area is 55.1 Å². The third kappa shape index (κ3) is 5.14. The Morgan fingerprint density at radius 2 is 2.33 bits per heavy atom. The minimum atomic E-state index is -0.934. The van der Waals surface area contributed by atoms with Gasteiger partial charge in [0.25, 0.3) is 0 Å². The maximum Gasteiger partial charge on any atom is 0.404 e. The number of carbonyl (C=O) groups is 1. The quantitative estimate of drug-likeness (QED) is 0.609. The summed E-state index contributed by atoms with van der Waals surface area (Å²) in [7, 11) is 0. The van der Waals surface area contributed by atoms with E-state index in [1.54, 1.807) is 0 Å². The third-order valence-electron chi connectivity index (χ3n) is 1.09. The number of hydrogen-bond acceptors (Lipinski definition) is 1. The molecule has 0 aromatic carbocycles. The Kier molecular flexibility index (Phi) is 3.84. The largest absolute Gasteiger partial charge is 0.465 e. The smallest absolute Gasteiger partial charge is 0.404 e. The second kappa shape index (κ2) is 4.18. The normalized spacial score (nSPS) is 12.7. The first-order valence-electron chi connectivity index (χ1n) is 3.16. The van der Waals surface area contributed by atoms with Crippen LogP contribution in [0.5, 0.6) is 0 Å². The number of carboxylic acid groups (broad SMARTS) is 1. The number of amides is 1. The van der Waals surface area contributed by atoms with Crippen molar-refractivity contribution in [2.75, 3.05) is 0 Å². The molecular formula is C6H13NO2. The maximum absolute atomic E-state index is 9.97. The van der Waals surface area contributed by atoms with E-state index < -0.39 is 6.09 Å². The summed E-state index contributed by atoms with van der Waals surface area (Å²) in [4.78, 5) is 9.97. The molecule has 0 heterocycles. The van der Waals surface area contributed by atoms with Crippen molar-refractivity contribution in [3.8, 4) is 0 Å². The van der Waals surface area contributed by atoms with Gasteiger partial charge in [0.2, 0.25) is 0 Å². The van der Waals surface area contributed by atoms with Gasteiger partial charge < -0.3 is 10.4 Å². The van der Waals surface area contributed by atoms with Gasteiger partial charge in [-0.05, 0) is 13.3 Å². The molecule has 3 heteroatoms. The molecule has 0 unspecified atom stereocenters. The van der Waals surface area contributed by atoms with Gasteiger partial charge in [0.15, 0.2) is 0 Å². The van der Waals surface area contributed by atoms with Crippen molar-refractivity contribution < 1.29 is 9.90 Å². The molecule has 0 aliphatic heterocycles. The first kappa shape index (κ1) is 8.27. The Hall–Kier alpha value is -0.730. The highest BCUT2D eigenvalue weighted by Gasteiger charge is 2.01. The summed E-state index contributed by atoms with van der Waals surface area (Å²) >= 11 is 0. The molecular weight excluding hydrogens is 118 g/mol. The zero-order valence-electron chi connectivity index (χ0n) is 5.85. The van der Waals surface area contributed by atoms with Gasteiger partial charge in [-0.25, -0.2) is 4.79 Å². The second-order valence-corrected chi connectivity index (χ2v) is 2.14. The van der Waals surface area contributed by atoms with Crippen LogP contribution in [-0.2, 0) is 0 Å². The molecule has 1 amide bonds. The monoisotopic (exact) mass is 131 g/mol. The lowest BCUT2D eigenvalue weighted by molar-refractivity contribution is 0.190. The van der Waals surface area contributed by atoms with Crippen molar-refractivity contribution in [3.05, 3.63) is 0 Å². The Balaban J connectivity index is 3.26. The van der Waals surface area contributed by atoms with E-state index in [-0.39, 0.29) is 6.04 Å². The van der Waals surface area contributed by atoms with E-state index in [2.05, 4.69) is 5.32 Å². The van der Waals surface area contributed by atoms with E-state index in [1.807, 2.05) is 13.8 Å². The lowest BCUT2D eigenvalue weighted by atomic mass is 10.2. The lowest BCUT2D eigenvalue weighted by Gasteiger charge is -2.07. The van der Waals surface area contributed by atoms with Gasteiger partial charge in [0.05, 0.1) is 0 Å². The fraction of sp³-hybridized carbons (Fsp3) is 0.833. The van der Waals surface area contributed by atoms with Gasteiger partial charge in [-0.3, -0.25) is 0 Å². The van der Waals surface area contributed by atoms with Crippen molar-refractivity contribution in [2.24, 2.45) is 0 Å². The molecule has 0 saturated heterocycles. The molecule has 0 fully saturated rings. The number of nitrogens with one attached hydrogen (secondary N) is 1. The SMILES string of the molecule is CCC[C@H](C)NC(=O)O. The first-order valence-corrected chi connectivity index (χ1v) is 3.16. The van der Waals surface area contributed by atoms with Crippen LogP contribution in [-0.4, -0.2) is 17.2 Å². The van der Waals surface area contributed by atoms with E-state index >= 15 is 0 Å². The standard InChI is InChI=1S/C6H13NO2/c1-3-4-5(2)7-6(8)9/h5,7H,3-4H2,1-2H3,(H,8,9)/t5-/m0/s1. The van der Waals surface area contributed by atoms with Crippen LogP contribution in [0.3, 0.4) is 0 Å². The number of hydrogen-bond donors (Lipinski definition) is 2. The molecule has 0 aromatic heterocycles. The second-order valence-electron chi connectivity index (χ2n) is 2.14. The fourth-order valence-corrected chi connectivity index (χ4v) is 0.716. The molecule has 0 spiro atoms. The molecule has 0 aliphatic carbocycles. The summed E-state index contributed by atoms with van der Waals surface area (Å²) in [5.74, 6) is 0. The van der Waals surface area contributed by atoms with Gasteiger partial charge >= 0.3 is 6.09 Å². The highest BCUT2D eigenvalue weighted by Crippen LogP contribution is 1.93. The highest BCUT2D eigenvalue weighted by atomic mass is 16.4. The van der Waals surface area contributed by atoms with Crippen LogP contribution < -0.4 is 5.32 Å². The van der Waals surface area contributed by atoms with E-state index in [0.717, 1.165) is 12.8 Å². The predicted molar refractivity (Wildman–Crippen MR) is 35.5 cm³/mol. The van der Waals surface area contributed by atoms with Crippen molar-refractivity contribution in [2.45, 2.75) is 32.7 Å². The van der Waals surface area contributed by atoms with Gasteiger partial charge in [0, 0.05) is 6.04 Å². The van der Waals surface area contributed by atoms with E-state index in [9.17, 15) is 4.79 Å². The Morgan fingerprint density at radius 3 is 2.67 bits per heavy atom. The van der Waals surface area contributed by atoms with Crippen LogP contribution in [0.1, 0.15) is 26.7 Å². The molecule has 0 radical (unpaired) electrons. The summed E-state index contributed by atoms with van der Waals surface area (Å²) in [6.45, 7) is 3.89. The van der Waals surface area contributed by atoms with Crippen LogP contribution in [0, 0.1) is 0 Å². The lowest BCUT2D eigenvalue weighted by Crippen LogP contribution is -2.30. The summed E-state index contributed by atoms with van der Waals surface area (Å²) in [5, 5.41) is 10.6. The molecule has 0 saturated carbocycles. The Bertz CT molecular complexity index is 93.1. The molecule has 0 aliphatic rings. The topological polar surface area (TPSA) is 49.3 Å². The van der Waals surface area contributed by atoms with Gasteiger partial charge in [-0.2, -0.15) is 0 Å². The van der Waals surface area contributed by atoms with Crippen molar-refractivity contribution in [3.63, 3.8) is 0 Å². The van der Waals surface area contributed by atoms with Crippen molar-refractivity contribution >= 4 is 6.09 Å². The first-order chi connectivity index (χ1) is 4.16. The molecule has 1 atom stereocenters. The molecule has 0 rings (SSSR count). The summed E-state index contributed by atoms with van der Waals surface area (Å²) in [5.41, 5.74) is 0. The summed E-state index contributed by atoms with van der Waals surface area (Å²) in [6, 6.07) is 0.0903. The average molecular weight is 131 g/mol. The van der Waals surface area contributed by atoms with Gasteiger partial charge in [-0.1, -0.05) is 13.3 Å². The predicted octanol–water partition coefficient (Wildman–Crippen LogP) is 1.44. The van der Waals surface area contributed by atoms with Crippen LogP contribution in [0.25, 0.3) is 0 Å². The zero-order valence-corrected chi connectivity index (χ0v) is 5.85. The van der Waals surface area contributed by atoms with Crippen LogP contribution >= 0.6 is 0 Å². The van der Waals surface area contributed by atoms with E-state index in [1.165, 1.54) is 0 Å². The van der Waals surface area contributed by atoms with Gasteiger partial charge in [0.1, 0.15) is 0 Å². The summed E-state index contributed by atoms with van der Waals surface area (Å²) in [6.07, 6.45) is 0.990. The Morgan fingerprint density at radius 1 is 1.78 bits per heavy atom. The van der Waals surface area contributed by atoms with Crippen LogP contribution in [0.15, 0.2) is 0 Å². The maximum atomic E-state index is 9.97. The van der Waals surface area contributed by atoms with E-state index in [0.29, 0.717) is 0 Å². The molecule has 2 N–H and O–H groups in total. The molecule has 9 heavy (non-hydrogen) atoms. The zero-order chi connectivity index (χ0) is 7.28. The minimum Gasteiger partial charge on any atom is -0.465 e. The molecule has 54 valence electrons. The van der Waals surface area contributed by atoms with E-state index in [4.69, 9.17) is 5.11 Å². The third-order valence-corrected chi connectivity index (χ3v) is 1.09. The molecule has 0 aromatic rings. The summed E-state index contributed by atoms with van der Waals surface area (Å²) < 4.78 is 0. The van der Waals surface area contributed by atoms with Crippen LogP contribution in [0.2, 0.25) is 0 Å². The molecule has 0 bridgehead atoms. The number of rotatable bonds is 3. The van der Waals surface area contributed by atoms with Crippen molar-refractivity contribution in [1.29, 1.82) is 0 Å². The fourth-order valence-electron chi connectivity index (χ4n) is 0.716. The molecule has 3 nitrogen and oxygen atoms in total. The average Bonchev–Trinajstić information content (AvgIpc) is 1.63. The highest BCUT2D eigenvalue weighted by molar-refractivity contribution is 5.64. The minimum absolute atomic E-state index is 0.0903. The van der Waals surface area contributed by atoms with Crippen LogP contribution in [0.4, 0.5) is 4.79 Å².